The molecule has 1 amide bonds. The van der Waals surface area contributed by atoms with Crippen molar-refractivity contribution in [2.24, 2.45) is 0 Å². The van der Waals surface area contributed by atoms with Crippen LogP contribution in [0.25, 0.3) is 0 Å². The van der Waals surface area contributed by atoms with Gasteiger partial charge in [0.2, 0.25) is 0 Å². The van der Waals surface area contributed by atoms with Crippen LogP contribution in [0, 0.1) is 6.92 Å². The molecule has 0 saturated carbocycles. The number of hydrogen-bond donors (Lipinski definition) is 2. The molecule has 2 rings (SSSR count). The van der Waals surface area contributed by atoms with Crippen LogP contribution in [0.15, 0.2) is 42.5 Å². The number of carbonyl (C=O) groups is 1. The molecule has 2 N–H and O–H groups in total. The highest BCUT2D eigenvalue weighted by molar-refractivity contribution is 5.96. The number of rotatable bonds is 5. The van der Waals surface area contributed by atoms with Gasteiger partial charge in [-0.1, -0.05) is 18.2 Å². The Morgan fingerprint density at radius 2 is 1.57 bits per heavy atom. The summed E-state index contributed by atoms with van der Waals surface area (Å²) in [7, 11) is 3.12. The molecule has 0 spiro atoms. The number of hydrazine groups is 1. The van der Waals surface area contributed by atoms with Gasteiger partial charge < -0.3 is 9.47 Å². The number of anilines is 1. The van der Waals surface area contributed by atoms with E-state index < -0.39 is 0 Å². The number of ether oxygens (including phenoxy) is 2. The molecule has 5 nitrogen and oxygen atoms in total. The van der Waals surface area contributed by atoms with Crippen LogP contribution >= 0.6 is 0 Å². The minimum Gasteiger partial charge on any atom is -0.496 e. The predicted octanol–water partition coefficient (Wildman–Crippen LogP) is 2.77. The lowest BCUT2D eigenvalue weighted by Gasteiger charge is -2.13. The Labute approximate surface area is 123 Å². The third kappa shape index (κ3) is 3.45. The standard InChI is InChI=1S/C16H18N2O3/c1-11-14(20-2)9-12(10-15(11)21-3)16(19)18-17-13-7-5-4-6-8-13/h4-10,17H,1-3H3,(H,18,19). The Morgan fingerprint density at radius 3 is 2.10 bits per heavy atom. The SMILES string of the molecule is COc1cc(C(=O)NNc2ccccc2)cc(OC)c1C. The number of para-hydroxylation sites is 1. The zero-order valence-corrected chi connectivity index (χ0v) is 12.3. The minimum atomic E-state index is -0.268. The summed E-state index contributed by atoms with van der Waals surface area (Å²) in [5, 5.41) is 0. The van der Waals surface area contributed by atoms with E-state index in [2.05, 4.69) is 10.9 Å². The predicted molar refractivity (Wildman–Crippen MR) is 81.8 cm³/mol. The normalized spacial score (nSPS) is 9.86. The van der Waals surface area contributed by atoms with Crippen LogP contribution in [-0.2, 0) is 0 Å². The third-order valence-corrected chi connectivity index (χ3v) is 3.11. The van der Waals surface area contributed by atoms with Gasteiger partial charge in [-0.05, 0) is 31.2 Å². The van der Waals surface area contributed by atoms with Gasteiger partial charge in [0.05, 0.1) is 19.9 Å². The van der Waals surface area contributed by atoms with Gasteiger partial charge in [-0.15, -0.1) is 0 Å². The van der Waals surface area contributed by atoms with Crippen molar-refractivity contribution in [3.8, 4) is 11.5 Å². The molecule has 21 heavy (non-hydrogen) atoms. The average molecular weight is 286 g/mol. The minimum absolute atomic E-state index is 0.268. The summed E-state index contributed by atoms with van der Waals surface area (Å²) in [6.07, 6.45) is 0. The maximum atomic E-state index is 12.2. The largest absolute Gasteiger partial charge is 0.496 e. The fourth-order valence-corrected chi connectivity index (χ4v) is 1.94. The van der Waals surface area contributed by atoms with E-state index in [-0.39, 0.29) is 5.91 Å². The molecule has 0 fully saturated rings. The summed E-state index contributed by atoms with van der Waals surface area (Å²) in [5.74, 6) is 0.953. The van der Waals surface area contributed by atoms with Gasteiger partial charge in [-0.25, -0.2) is 0 Å². The van der Waals surface area contributed by atoms with Crippen molar-refractivity contribution >= 4 is 11.6 Å². The monoisotopic (exact) mass is 286 g/mol. The first-order valence-electron chi connectivity index (χ1n) is 6.49. The second kappa shape index (κ2) is 6.65. The Bertz CT molecular complexity index is 602. The summed E-state index contributed by atoms with van der Waals surface area (Å²) in [6.45, 7) is 1.88. The van der Waals surface area contributed by atoms with E-state index in [0.717, 1.165) is 11.3 Å². The summed E-state index contributed by atoms with van der Waals surface area (Å²) < 4.78 is 10.5. The first kappa shape index (κ1) is 14.7. The van der Waals surface area contributed by atoms with Crippen molar-refractivity contribution in [1.82, 2.24) is 5.43 Å². The molecule has 0 atom stereocenters. The fraction of sp³-hybridized carbons (Fsp3) is 0.188. The van der Waals surface area contributed by atoms with E-state index >= 15 is 0 Å². The van der Waals surface area contributed by atoms with Gasteiger partial charge in [0.15, 0.2) is 0 Å². The van der Waals surface area contributed by atoms with Crippen LogP contribution in [0.1, 0.15) is 15.9 Å². The molecule has 110 valence electrons. The van der Waals surface area contributed by atoms with Crippen LogP contribution < -0.4 is 20.3 Å². The number of benzene rings is 2. The van der Waals surface area contributed by atoms with E-state index in [9.17, 15) is 4.79 Å². The second-order valence-corrected chi connectivity index (χ2v) is 4.45. The van der Waals surface area contributed by atoms with Crippen molar-refractivity contribution in [1.29, 1.82) is 0 Å². The molecule has 0 aliphatic heterocycles. The molecular weight excluding hydrogens is 268 g/mol. The summed E-state index contributed by atoms with van der Waals surface area (Å²) in [4.78, 5) is 12.2. The van der Waals surface area contributed by atoms with Crippen LogP contribution in [0.5, 0.6) is 11.5 Å². The van der Waals surface area contributed by atoms with Crippen LogP contribution in [0.4, 0.5) is 5.69 Å². The maximum Gasteiger partial charge on any atom is 0.269 e. The molecular formula is C16H18N2O3. The molecule has 2 aromatic rings. The van der Waals surface area contributed by atoms with Crippen molar-refractivity contribution in [2.45, 2.75) is 6.92 Å². The zero-order chi connectivity index (χ0) is 15.2. The zero-order valence-electron chi connectivity index (χ0n) is 12.3. The van der Waals surface area contributed by atoms with Crippen LogP contribution in [0.2, 0.25) is 0 Å². The first-order chi connectivity index (χ1) is 10.2. The molecule has 0 aliphatic rings. The highest BCUT2D eigenvalue weighted by atomic mass is 16.5. The Hall–Kier alpha value is -2.69. The van der Waals surface area contributed by atoms with Crippen LogP contribution in [-0.4, -0.2) is 20.1 Å². The molecule has 0 aliphatic carbocycles. The van der Waals surface area contributed by atoms with Gasteiger partial charge in [0, 0.05) is 11.1 Å². The van der Waals surface area contributed by atoms with Gasteiger partial charge >= 0.3 is 0 Å². The number of methoxy groups -OCH3 is 2. The Balaban J connectivity index is 2.15. The van der Waals surface area contributed by atoms with Gasteiger partial charge in [-0.2, -0.15) is 0 Å². The quantitative estimate of drug-likeness (QED) is 0.830. The van der Waals surface area contributed by atoms with Crippen molar-refractivity contribution in [2.75, 3.05) is 19.6 Å². The van der Waals surface area contributed by atoms with Gasteiger partial charge in [-0.3, -0.25) is 15.6 Å². The molecule has 0 aromatic heterocycles. The molecule has 0 heterocycles. The third-order valence-electron chi connectivity index (χ3n) is 3.11. The molecule has 0 bridgehead atoms. The average Bonchev–Trinajstić information content (AvgIpc) is 2.53. The van der Waals surface area contributed by atoms with Crippen molar-refractivity contribution in [3.63, 3.8) is 0 Å². The van der Waals surface area contributed by atoms with E-state index in [1.54, 1.807) is 26.4 Å². The number of hydrogen-bond acceptors (Lipinski definition) is 4. The van der Waals surface area contributed by atoms with Gasteiger partial charge in [0.1, 0.15) is 11.5 Å². The molecule has 0 unspecified atom stereocenters. The van der Waals surface area contributed by atoms with E-state index in [4.69, 9.17) is 9.47 Å². The number of nitrogens with one attached hydrogen (secondary N) is 2. The number of carbonyl (C=O) groups excluding carboxylic acids is 1. The summed E-state index contributed by atoms with van der Waals surface area (Å²) >= 11 is 0. The number of amides is 1. The lowest BCUT2D eigenvalue weighted by atomic mass is 10.1. The fourth-order valence-electron chi connectivity index (χ4n) is 1.94. The molecule has 0 radical (unpaired) electrons. The second-order valence-electron chi connectivity index (χ2n) is 4.45. The van der Waals surface area contributed by atoms with Gasteiger partial charge in [0.25, 0.3) is 5.91 Å². The van der Waals surface area contributed by atoms with Crippen molar-refractivity contribution in [3.05, 3.63) is 53.6 Å². The topological polar surface area (TPSA) is 59.6 Å². The van der Waals surface area contributed by atoms with E-state index in [0.29, 0.717) is 17.1 Å². The van der Waals surface area contributed by atoms with E-state index in [1.807, 2.05) is 37.3 Å². The van der Waals surface area contributed by atoms with E-state index in [1.165, 1.54) is 0 Å². The lowest BCUT2D eigenvalue weighted by Crippen LogP contribution is -2.29. The first-order valence-corrected chi connectivity index (χ1v) is 6.49. The smallest absolute Gasteiger partial charge is 0.269 e. The summed E-state index contributed by atoms with van der Waals surface area (Å²) in [5.41, 5.74) is 7.60. The van der Waals surface area contributed by atoms with Crippen molar-refractivity contribution < 1.29 is 14.3 Å². The molecule has 0 saturated heterocycles. The molecule has 2 aromatic carbocycles. The highest BCUT2D eigenvalue weighted by Crippen LogP contribution is 2.29. The Kier molecular flexibility index (Phi) is 4.66. The van der Waals surface area contributed by atoms with Crippen LogP contribution in [0.3, 0.4) is 0 Å². The Morgan fingerprint density at radius 1 is 1.00 bits per heavy atom. The maximum absolute atomic E-state index is 12.2. The highest BCUT2D eigenvalue weighted by Gasteiger charge is 2.13. The lowest BCUT2D eigenvalue weighted by molar-refractivity contribution is 0.0962. The summed E-state index contributed by atoms with van der Waals surface area (Å²) in [6, 6.07) is 12.7. The molecule has 5 heteroatoms.